The molecule has 0 fully saturated rings. The monoisotopic (exact) mass is 273 g/mol. The van der Waals surface area contributed by atoms with Gasteiger partial charge in [-0.3, -0.25) is 0 Å². The summed E-state index contributed by atoms with van der Waals surface area (Å²) in [5.41, 5.74) is 7.24. The average molecular weight is 273 g/mol. The van der Waals surface area contributed by atoms with Gasteiger partial charge >= 0.3 is 0 Å². The molecular weight excluding hydrogens is 254 g/mol. The van der Waals surface area contributed by atoms with Gasteiger partial charge in [0.05, 0.1) is 11.2 Å². The van der Waals surface area contributed by atoms with E-state index in [1.165, 1.54) is 34.5 Å². The van der Waals surface area contributed by atoms with E-state index in [9.17, 15) is 0 Å². The molecule has 4 heteroatoms. The Kier molecular flexibility index (Phi) is 3.80. The van der Waals surface area contributed by atoms with E-state index < -0.39 is 0 Å². The van der Waals surface area contributed by atoms with Crippen molar-refractivity contribution in [2.24, 2.45) is 0 Å². The third-order valence-electron chi connectivity index (χ3n) is 3.61. The molecule has 2 aromatic rings. The quantitative estimate of drug-likeness (QED) is 0.899. The Morgan fingerprint density at radius 1 is 1.37 bits per heavy atom. The fourth-order valence-electron chi connectivity index (χ4n) is 2.53. The number of aryl methyl sites for hydroxylation is 2. The lowest BCUT2D eigenvalue weighted by Gasteiger charge is -2.21. The summed E-state index contributed by atoms with van der Waals surface area (Å²) >= 11 is 1.72. The molecule has 2 heterocycles. The van der Waals surface area contributed by atoms with E-state index in [1.54, 1.807) is 11.3 Å². The standard InChI is InChI=1S/C15H19N3S/c1-11-14(19-10-18-11)9-16-8-13-5-2-4-12-6-3-7-17-15(12)13/h2,4-5,10,16-17H,3,6-9H2,1H3. The molecule has 1 aliphatic rings. The zero-order valence-corrected chi connectivity index (χ0v) is 12.0. The summed E-state index contributed by atoms with van der Waals surface area (Å²) in [6.07, 6.45) is 2.44. The SMILES string of the molecule is Cc1ncsc1CNCc1cccc2c1NCCC2. The summed E-state index contributed by atoms with van der Waals surface area (Å²) in [5, 5.41) is 7.06. The van der Waals surface area contributed by atoms with Crippen molar-refractivity contribution in [3.05, 3.63) is 45.4 Å². The summed E-state index contributed by atoms with van der Waals surface area (Å²) in [6, 6.07) is 6.61. The number of benzene rings is 1. The lowest BCUT2D eigenvalue weighted by atomic mass is 9.99. The highest BCUT2D eigenvalue weighted by molar-refractivity contribution is 7.09. The van der Waals surface area contributed by atoms with Crippen LogP contribution in [0.15, 0.2) is 23.7 Å². The number of rotatable bonds is 4. The normalized spacial score (nSPS) is 13.9. The van der Waals surface area contributed by atoms with E-state index in [1.807, 2.05) is 5.51 Å². The second-order valence-electron chi connectivity index (χ2n) is 4.95. The maximum absolute atomic E-state index is 4.28. The average Bonchev–Trinajstić information content (AvgIpc) is 2.85. The Morgan fingerprint density at radius 3 is 3.16 bits per heavy atom. The zero-order chi connectivity index (χ0) is 13.1. The van der Waals surface area contributed by atoms with Gasteiger partial charge in [-0.05, 0) is 30.9 Å². The first-order chi connectivity index (χ1) is 9.34. The van der Waals surface area contributed by atoms with Crippen LogP contribution in [-0.4, -0.2) is 11.5 Å². The first kappa shape index (κ1) is 12.6. The first-order valence-corrected chi connectivity index (χ1v) is 7.67. The van der Waals surface area contributed by atoms with Crippen molar-refractivity contribution in [2.45, 2.75) is 32.9 Å². The highest BCUT2D eigenvalue weighted by atomic mass is 32.1. The minimum absolute atomic E-state index is 0.903. The van der Waals surface area contributed by atoms with E-state index in [0.717, 1.165) is 25.3 Å². The van der Waals surface area contributed by atoms with Crippen LogP contribution in [0.25, 0.3) is 0 Å². The molecule has 19 heavy (non-hydrogen) atoms. The van der Waals surface area contributed by atoms with Crippen molar-refractivity contribution < 1.29 is 0 Å². The lowest BCUT2D eigenvalue weighted by molar-refractivity contribution is 0.694. The molecule has 0 radical (unpaired) electrons. The topological polar surface area (TPSA) is 37.0 Å². The van der Waals surface area contributed by atoms with Crippen molar-refractivity contribution in [3.63, 3.8) is 0 Å². The van der Waals surface area contributed by atoms with Gasteiger partial charge in [0, 0.05) is 30.2 Å². The van der Waals surface area contributed by atoms with Gasteiger partial charge in [-0.15, -0.1) is 11.3 Å². The minimum atomic E-state index is 0.903. The Bertz CT molecular complexity index is 562. The third-order valence-corrected chi connectivity index (χ3v) is 4.54. The summed E-state index contributed by atoms with van der Waals surface area (Å²) in [4.78, 5) is 5.61. The van der Waals surface area contributed by atoms with Crippen LogP contribution in [0.1, 0.15) is 28.1 Å². The predicted octanol–water partition coefficient (Wildman–Crippen LogP) is 3.10. The van der Waals surface area contributed by atoms with E-state index in [-0.39, 0.29) is 0 Å². The van der Waals surface area contributed by atoms with Crippen molar-refractivity contribution >= 4 is 17.0 Å². The molecule has 2 N–H and O–H groups in total. The van der Waals surface area contributed by atoms with Crippen LogP contribution in [0.3, 0.4) is 0 Å². The van der Waals surface area contributed by atoms with Gasteiger partial charge in [0.1, 0.15) is 0 Å². The number of anilines is 1. The summed E-state index contributed by atoms with van der Waals surface area (Å²) in [5.74, 6) is 0. The zero-order valence-electron chi connectivity index (χ0n) is 11.2. The van der Waals surface area contributed by atoms with Gasteiger partial charge < -0.3 is 10.6 Å². The van der Waals surface area contributed by atoms with Crippen LogP contribution in [0.2, 0.25) is 0 Å². The summed E-state index contributed by atoms with van der Waals surface area (Å²) in [7, 11) is 0. The molecule has 3 nitrogen and oxygen atoms in total. The van der Waals surface area contributed by atoms with Crippen LogP contribution in [0.5, 0.6) is 0 Å². The lowest BCUT2D eigenvalue weighted by Crippen LogP contribution is -2.18. The second kappa shape index (κ2) is 5.72. The fourth-order valence-corrected chi connectivity index (χ4v) is 3.28. The van der Waals surface area contributed by atoms with E-state index in [2.05, 4.69) is 40.7 Å². The Labute approximate surface area is 118 Å². The second-order valence-corrected chi connectivity index (χ2v) is 5.89. The maximum Gasteiger partial charge on any atom is 0.0798 e. The Hall–Kier alpha value is -1.39. The number of aromatic nitrogens is 1. The van der Waals surface area contributed by atoms with Gasteiger partial charge in [0.15, 0.2) is 0 Å². The highest BCUT2D eigenvalue weighted by Gasteiger charge is 2.11. The van der Waals surface area contributed by atoms with Gasteiger partial charge in [-0.25, -0.2) is 4.98 Å². The molecule has 3 rings (SSSR count). The summed E-state index contributed by atoms with van der Waals surface area (Å²) < 4.78 is 0. The predicted molar refractivity (Wildman–Crippen MR) is 80.6 cm³/mol. The molecule has 100 valence electrons. The van der Waals surface area contributed by atoms with E-state index in [0.29, 0.717) is 0 Å². The molecule has 0 aliphatic carbocycles. The molecule has 0 saturated heterocycles. The van der Waals surface area contributed by atoms with Crippen LogP contribution >= 0.6 is 11.3 Å². The largest absolute Gasteiger partial charge is 0.385 e. The Balaban J connectivity index is 1.66. The van der Waals surface area contributed by atoms with E-state index >= 15 is 0 Å². The maximum atomic E-state index is 4.28. The molecular formula is C15H19N3S. The van der Waals surface area contributed by atoms with Gasteiger partial charge in [-0.2, -0.15) is 0 Å². The third kappa shape index (κ3) is 2.80. The molecule has 0 spiro atoms. The van der Waals surface area contributed by atoms with Crippen LogP contribution < -0.4 is 10.6 Å². The van der Waals surface area contributed by atoms with Crippen LogP contribution in [0.4, 0.5) is 5.69 Å². The summed E-state index contributed by atoms with van der Waals surface area (Å²) in [6.45, 7) is 4.98. The van der Waals surface area contributed by atoms with Gasteiger partial charge in [0.2, 0.25) is 0 Å². The van der Waals surface area contributed by atoms with Crippen molar-refractivity contribution in [2.75, 3.05) is 11.9 Å². The fraction of sp³-hybridized carbons (Fsp3) is 0.400. The molecule has 0 saturated carbocycles. The van der Waals surface area contributed by atoms with Crippen molar-refractivity contribution in [1.82, 2.24) is 10.3 Å². The molecule has 0 bridgehead atoms. The number of hydrogen-bond acceptors (Lipinski definition) is 4. The number of para-hydroxylation sites is 1. The number of fused-ring (bicyclic) bond motifs is 1. The number of nitrogens with zero attached hydrogens (tertiary/aromatic N) is 1. The minimum Gasteiger partial charge on any atom is -0.385 e. The molecule has 1 aromatic carbocycles. The van der Waals surface area contributed by atoms with Crippen molar-refractivity contribution in [1.29, 1.82) is 0 Å². The molecule has 1 aliphatic heterocycles. The Morgan fingerprint density at radius 2 is 2.32 bits per heavy atom. The number of hydrogen-bond donors (Lipinski definition) is 2. The molecule has 0 amide bonds. The van der Waals surface area contributed by atoms with E-state index in [4.69, 9.17) is 0 Å². The van der Waals surface area contributed by atoms with Gasteiger partial charge in [-0.1, -0.05) is 18.2 Å². The molecule has 1 aromatic heterocycles. The number of thiazole rings is 1. The number of nitrogens with one attached hydrogen (secondary N) is 2. The first-order valence-electron chi connectivity index (χ1n) is 6.79. The molecule has 0 unspecified atom stereocenters. The molecule has 0 atom stereocenters. The van der Waals surface area contributed by atoms with Crippen molar-refractivity contribution in [3.8, 4) is 0 Å². The highest BCUT2D eigenvalue weighted by Crippen LogP contribution is 2.26. The van der Waals surface area contributed by atoms with Gasteiger partial charge in [0.25, 0.3) is 0 Å². The van der Waals surface area contributed by atoms with Crippen LogP contribution in [-0.2, 0) is 19.5 Å². The smallest absolute Gasteiger partial charge is 0.0798 e. The van der Waals surface area contributed by atoms with Crippen LogP contribution in [0, 0.1) is 6.92 Å².